The molecule has 3 nitrogen and oxygen atoms in total. The number of rotatable bonds is 1. The molecule has 1 aliphatic rings. The zero-order chi connectivity index (χ0) is 9.42. The zero-order valence-corrected chi connectivity index (χ0v) is 7.71. The van der Waals surface area contributed by atoms with Crippen LogP contribution in [0.3, 0.4) is 0 Å². The molecule has 1 aliphatic carbocycles. The highest BCUT2D eigenvalue weighted by Crippen LogP contribution is 2.36. The summed E-state index contributed by atoms with van der Waals surface area (Å²) in [4.78, 5) is 0. The van der Waals surface area contributed by atoms with Crippen molar-refractivity contribution in [1.82, 2.24) is 0 Å². The van der Waals surface area contributed by atoms with E-state index in [1.54, 1.807) is 7.11 Å². The number of anilines is 1. The third-order valence-corrected chi connectivity index (χ3v) is 2.63. The van der Waals surface area contributed by atoms with Crippen molar-refractivity contribution < 1.29 is 4.74 Å². The summed E-state index contributed by atoms with van der Waals surface area (Å²) in [5.41, 5.74) is 15.0. The van der Waals surface area contributed by atoms with Crippen LogP contribution in [0, 0.1) is 0 Å². The Balaban J connectivity index is 2.53. The zero-order valence-electron chi connectivity index (χ0n) is 7.71. The van der Waals surface area contributed by atoms with Gasteiger partial charge in [0.25, 0.3) is 0 Å². The van der Waals surface area contributed by atoms with E-state index in [0.717, 1.165) is 29.8 Å². The molecule has 1 aromatic carbocycles. The Hall–Kier alpha value is -1.22. The van der Waals surface area contributed by atoms with Crippen LogP contribution in [0.5, 0.6) is 5.75 Å². The molecule has 0 aromatic heterocycles. The minimum absolute atomic E-state index is 0.132. The Labute approximate surface area is 77.7 Å². The lowest BCUT2D eigenvalue weighted by molar-refractivity contribution is 0.414. The summed E-state index contributed by atoms with van der Waals surface area (Å²) in [6, 6.07) is 3.98. The number of hydrogen-bond acceptors (Lipinski definition) is 3. The second-order valence-electron chi connectivity index (χ2n) is 3.43. The average Bonchev–Trinajstić information content (AvgIpc) is 2.48. The number of nitrogen functional groups attached to an aromatic ring is 1. The third kappa shape index (κ3) is 1.25. The summed E-state index contributed by atoms with van der Waals surface area (Å²) in [5, 5.41) is 0. The highest BCUT2D eigenvalue weighted by Gasteiger charge is 2.21. The predicted molar refractivity (Wildman–Crippen MR) is 52.7 cm³/mol. The second kappa shape index (κ2) is 2.92. The van der Waals surface area contributed by atoms with Crippen molar-refractivity contribution in [2.45, 2.75) is 18.9 Å². The summed E-state index contributed by atoms with van der Waals surface area (Å²) in [6.07, 6.45) is 1.99. The number of hydrogen-bond donors (Lipinski definition) is 2. The minimum atomic E-state index is 0.132. The van der Waals surface area contributed by atoms with Gasteiger partial charge in [0.2, 0.25) is 0 Å². The van der Waals surface area contributed by atoms with Crippen molar-refractivity contribution in [2.75, 3.05) is 12.8 Å². The summed E-state index contributed by atoms with van der Waals surface area (Å²) in [7, 11) is 1.64. The van der Waals surface area contributed by atoms with Crippen LogP contribution < -0.4 is 16.2 Å². The van der Waals surface area contributed by atoms with E-state index >= 15 is 0 Å². The highest BCUT2D eigenvalue weighted by atomic mass is 16.5. The van der Waals surface area contributed by atoms with Gasteiger partial charge in [-0.2, -0.15) is 0 Å². The molecular weight excluding hydrogens is 164 g/mol. The topological polar surface area (TPSA) is 61.3 Å². The fraction of sp³-hybridized carbons (Fsp3) is 0.400. The van der Waals surface area contributed by atoms with Crippen LogP contribution in [0.1, 0.15) is 23.6 Å². The van der Waals surface area contributed by atoms with E-state index in [-0.39, 0.29) is 6.04 Å². The second-order valence-corrected chi connectivity index (χ2v) is 3.43. The molecule has 0 bridgehead atoms. The van der Waals surface area contributed by atoms with Gasteiger partial charge in [0.1, 0.15) is 5.75 Å². The van der Waals surface area contributed by atoms with Crippen LogP contribution >= 0.6 is 0 Å². The van der Waals surface area contributed by atoms with Gasteiger partial charge in [0.15, 0.2) is 0 Å². The van der Waals surface area contributed by atoms with E-state index < -0.39 is 0 Å². The highest BCUT2D eigenvalue weighted by molar-refractivity contribution is 5.58. The van der Waals surface area contributed by atoms with Crippen molar-refractivity contribution in [3.8, 4) is 5.75 Å². The Kier molecular flexibility index (Phi) is 1.88. The van der Waals surface area contributed by atoms with Crippen LogP contribution in [0.25, 0.3) is 0 Å². The molecule has 0 aliphatic heterocycles. The quantitative estimate of drug-likeness (QED) is 0.636. The van der Waals surface area contributed by atoms with Gasteiger partial charge in [-0.1, -0.05) is 0 Å². The fourth-order valence-corrected chi connectivity index (χ4v) is 1.88. The number of fused-ring (bicyclic) bond motifs is 1. The largest absolute Gasteiger partial charge is 0.497 e. The molecule has 2 rings (SSSR count). The predicted octanol–water partition coefficient (Wildman–Crippen LogP) is 1.22. The van der Waals surface area contributed by atoms with E-state index in [1.807, 2.05) is 12.1 Å². The van der Waals surface area contributed by atoms with Crippen molar-refractivity contribution >= 4 is 5.69 Å². The van der Waals surface area contributed by atoms with E-state index in [0.29, 0.717) is 0 Å². The van der Waals surface area contributed by atoms with Crippen molar-refractivity contribution in [3.63, 3.8) is 0 Å². The van der Waals surface area contributed by atoms with E-state index in [4.69, 9.17) is 16.2 Å². The smallest absolute Gasteiger partial charge is 0.121 e. The first-order chi connectivity index (χ1) is 6.22. The Morgan fingerprint density at radius 3 is 2.92 bits per heavy atom. The molecule has 13 heavy (non-hydrogen) atoms. The lowest BCUT2D eigenvalue weighted by Gasteiger charge is -2.09. The first kappa shape index (κ1) is 8.38. The Morgan fingerprint density at radius 2 is 2.23 bits per heavy atom. The summed E-state index contributed by atoms with van der Waals surface area (Å²) in [5.74, 6) is 0.800. The molecule has 1 aromatic rings. The van der Waals surface area contributed by atoms with E-state index in [9.17, 15) is 0 Å². The lowest BCUT2D eigenvalue weighted by atomic mass is 10.1. The first-order valence-electron chi connectivity index (χ1n) is 4.44. The molecular formula is C10H14N2O. The van der Waals surface area contributed by atoms with Gasteiger partial charge >= 0.3 is 0 Å². The SMILES string of the molecule is COc1cc(N)c2c(c1)C(N)CC2. The van der Waals surface area contributed by atoms with Gasteiger partial charge in [-0.25, -0.2) is 0 Å². The molecule has 0 spiro atoms. The van der Waals surface area contributed by atoms with Crippen molar-refractivity contribution in [1.29, 1.82) is 0 Å². The molecule has 0 heterocycles. The van der Waals surface area contributed by atoms with Gasteiger partial charge in [-0.15, -0.1) is 0 Å². The fourth-order valence-electron chi connectivity index (χ4n) is 1.88. The normalized spacial score (nSPS) is 20.0. The molecule has 4 N–H and O–H groups in total. The standard InChI is InChI=1S/C10H14N2O/c1-13-6-4-8-7(10(12)5-6)2-3-9(8)11/h4-5,9H,2-3,11-12H2,1H3. The number of methoxy groups -OCH3 is 1. The van der Waals surface area contributed by atoms with Crippen molar-refractivity contribution in [3.05, 3.63) is 23.3 Å². The van der Waals surface area contributed by atoms with Gasteiger partial charge in [0, 0.05) is 17.8 Å². The number of ether oxygens (including phenoxy) is 1. The third-order valence-electron chi connectivity index (χ3n) is 2.63. The number of nitrogens with two attached hydrogens (primary N) is 2. The molecule has 0 saturated heterocycles. The van der Waals surface area contributed by atoms with Gasteiger partial charge < -0.3 is 16.2 Å². The molecule has 3 heteroatoms. The van der Waals surface area contributed by atoms with Crippen LogP contribution in [-0.2, 0) is 6.42 Å². The van der Waals surface area contributed by atoms with Gasteiger partial charge in [-0.05, 0) is 30.0 Å². The van der Waals surface area contributed by atoms with Crippen LogP contribution in [0.2, 0.25) is 0 Å². The maximum Gasteiger partial charge on any atom is 0.121 e. The molecule has 0 radical (unpaired) electrons. The molecule has 1 atom stereocenters. The van der Waals surface area contributed by atoms with E-state index in [2.05, 4.69) is 0 Å². The average molecular weight is 178 g/mol. The van der Waals surface area contributed by atoms with Crippen LogP contribution in [0.4, 0.5) is 5.69 Å². The maximum atomic E-state index is 5.93. The summed E-state index contributed by atoms with van der Waals surface area (Å²) in [6.45, 7) is 0. The van der Waals surface area contributed by atoms with Crippen LogP contribution in [0.15, 0.2) is 12.1 Å². The molecule has 0 fully saturated rings. The number of benzene rings is 1. The molecule has 1 unspecified atom stereocenters. The monoisotopic (exact) mass is 178 g/mol. The summed E-state index contributed by atoms with van der Waals surface area (Å²) >= 11 is 0. The lowest BCUT2D eigenvalue weighted by Crippen LogP contribution is -2.05. The minimum Gasteiger partial charge on any atom is -0.497 e. The Morgan fingerprint density at radius 1 is 1.46 bits per heavy atom. The molecule has 70 valence electrons. The summed E-state index contributed by atoms with van der Waals surface area (Å²) < 4.78 is 5.13. The maximum absolute atomic E-state index is 5.93. The first-order valence-corrected chi connectivity index (χ1v) is 4.44. The van der Waals surface area contributed by atoms with Crippen molar-refractivity contribution in [2.24, 2.45) is 5.73 Å². The molecule has 0 amide bonds. The Bertz CT molecular complexity index is 336. The van der Waals surface area contributed by atoms with Gasteiger partial charge in [-0.3, -0.25) is 0 Å². The van der Waals surface area contributed by atoms with Crippen LogP contribution in [-0.4, -0.2) is 7.11 Å². The van der Waals surface area contributed by atoms with Gasteiger partial charge in [0.05, 0.1) is 7.11 Å². The molecule has 0 saturated carbocycles. The van der Waals surface area contributed by atoms with E-state index in [1.165, 1.54) is 5.56 Å².